The predicted molar refractivity (Wildman–Crippen MR) is 99.8 cm³/mol. The van der Waals surface area contributed by atoms with Crippen molar-refractivity contribution in [2.24, 2.45) is 0 Å². The highest BCUT2D eigenvalue weighted by Gasteiger charge is 2.29. The van der Waals surface area contributed by atoms with E-state index < -0.39 is 0 Å². The molecule has 1 aromatic heterocycles. The molecule has 6 nitrogen and oxygen atoms in total. The van der Waals surface area contributed by atoms with E-state index in [2.05, 4.69) is 11.1 Å². The van der Waals surface area contributed by atoms with Gasteiger partial charge in [-0.1, -0.05) is 18.2 Å². The second-order valence-electron chi connectivity index (χ2n) is 6.11. The average molecular weight is 352 g/mol. The molecule has 134 valence electrons. The first kappa shape index (κ1) is 16.3. The topological polar surface area (TPSA) is 63.8 Å². The van der Waals surface area contributed by atoms with Crippen LogP contribution in [0.15, 0.2) is 36.5 Å². The van der Waals surface area contributed by atoms with Gasteiger partial charge >= 0.3 is 0 Å². The number of para-hydroxylation sites is 1. The van der Waals surface area contributed by atoms with E-state index in [9.17, 15) is 4.79 Å². The van der Waals surface area contributed by atoms with Crippen LogP contribution in [0.25, 0.3) is 10.9 Å². The third-order valence-electron chi connectivity index (χ3n) is 4.83. The molecular formula is C20H20N2O4. The van der Waals surface area contributed by atoms with Gasteiger partial charge in [0.25, 0.3) is 5.91 Å². The molecule has 6 heteroatoms. The van der Waals surface area contributed by atoms with Crippen LogP contribution in [-0.4, -0.2) is 38.8 Å². The van der Waals surface area contributed by atoms with Crippen molar-refractivity contribution in [1.29, 1.82) is 0 Å². The lowest BCUT2D eigenvalue weighted by Crippen LogP contribution is -2.28. The van der Waals surface area contributed by atoms with E-state index in [-0.39, 0.29) is 5.91 Å². The second-order valence-corrected chi connectivity index (χ2v) is 6.11. The number of hydrogen-bond donors (Lipinski definition) is 1. The standard InChI is InChI=1S/C20H20N2O4/c1-24-16-10-14-17(19(26-3)18(16)25-2)13(11-21-14)20(23)22-9-8-12-6-4-5-7-15(12)22/h4-7,10-11,21H,8-9H2,1-3H3. The van der Waals surface area contributed by atoms with Gasteiger partial charge in [0.15, 0.2) is 11.5 Å². The number of nitrogens with zero attached hydrogens (tertiary/aromatic N) is 1. The molecule has 26 heavy (non-hydrogen) atoms. The molecule has 3 aromatic rings. The van der Waals surface area contributed by atoms with Crippen molar-refractivity contribution in [3.05, 3.63) is 47.7 Å². The number of rotatable bonds is 4. The van der Waals surface area contributed by atoms with Gasteiger partial charge in [0.1, 0.15) is 0 Å². The lowest BCUT2D eigenvalue weighted by atomic mass is 10.1. The van der Waals surface area contributed by atoms with E-state index in [1.165, 1.54) is 5.56 Å². The van der Waals surface area contributed by atoms with Crippen molar-refractivity contribution in [3.63, 3.8) is 0 Å². The quantitative estimate of drug-likeness (QED) is 0.782. The van der Waals surface area contributed by atoms with Gasteiger partial charge in [-0.2, -0.15) is 0 Å². The Morgan fingerprint density at radius 3 is 2.58 bits per heavy atom. The summed E-state index contributed by atoms with van der Waals surface area (Å²) in [5, 5.41) is 0.694. The van der Waals surface area contributed by atoms with Crippen LogP contribution < -0.4 is 19.1 Å². The number of carbonyl (C=O) groups is 1. The molecule has 0 bridgehead atoms. The maximum absolute atomic E-state index is 13.3. The van der Waals surface area contributed by atoms with E-state index in [0.717, 1.165) is 17.6 Å². The summed E-state index contributed by atoms with van der Waals surface area (Å²) in [5.74, 6) is 1.44. The normalized spacial score (nSPS) is 13.0. The number of ether oxygens (including phenoxy) is 3. The molecule has 4 rings (SSSR count). The Balaban J connectivity index is 1.86. The van der Waals surface area contributed by atoms with E-state index in [4.69, 9.17) is 14.2 Å². The summed E-state index contributed by atoms with van der Waals surface area (Å²) in [6.45, 7) is 0.667. The fraction of sp³-hybridized carbons (Fsp3) is 0.250. The molecule has 1 aliphatic heterocycles. The van der Waals surface area contributed by atoms with Crippen LogP contribution in [0, 0.1) is 0 Å². The number of anilines is 1. The van der Waals surface area contributed by atoms with Crippen LogP contribution >= 0.6 is 0 Å². The molecule has 0 atom stereocenters. The number of hydrogen-bond acceptors (Lipinski definition) is 4. The van der Waals surface area contributed by atoms with Crippen LogP contribution in [0.4, 0.5) is 5.69 Å². The number of methoxy groups -OCH3 is 3. The van der Waals surface area contributed by atoms with Crippen LogP contribution in [0.5, 0.6) is 17.2 Å². The van der Waals surface area contributed by atoms with Crippen molar-refractivity contribution in [2.75, 3.05) is 32.8 Å². The van der Waals surface area contributed by atoms with E-state index in [1.54, 1.807) is 27.5 Å². The summed E-state index contributed by atoms with van der Waals surface area (Å²) >= 11 is 0. The van der Waals surface area contributed by atoms with E-state index in [0.29, 0.717) is 34.7 Å². The fourth-order valence-electron chi connectivity index (χ4n) is 3.62. The largest absolute Gasteiger partial charge is 0.493 e. The smallest absolute Gasteiger partial charge is 0.260 e. The van der Waals surface area contributed by atoms with Gasteiger partial charge in [0, 0.05) is 24.5 Å². The highest BCUT2D eigenvalue weighted by molar-refractivity contribution is 6.16. The Kier molecular flexibility index (Phi) is 3.95. The first-order valence-corrected chi connectivity index (χ1v) is 8.39. The number of fused-ring (bicyclic) bond motifs is 2. The number of aromatic amines is 1. The molecule has 0 saturated carbocycles. The number of nitrogens with one attached hydrogen (secondary N) is 1. The first-order valence-electron chi connectivity index (χ1n) is 8.39. The maximum Gasteiger partial charge on any atom is 0.260 e. The number of aromatic nitrogens is 1. The summed E-state index contributed by atoms with van der Waals surface area (Å²) in [6.07, 6.45) is 2.58. The highest BCUT2D eigenvalue weighted by atomic mass is 16.5. The molecular weight excluding hydrogens is 332 g/mol. The van der Waals surface area contributed by atoms with Gasteiger partial charge < -0.3 is 24.1 Å². The van der Waals surface area contributed by atoms with Gasteiger partial charge in [-0.05, 0) is 18.1 Å². The maximum atomic E-state index is 13.3. The van der Waals surface area contributed by atoms with Gasteiger partial charge in [0.05, 0.1) is 37.8 Å². The summed E-state index contributed by atoms with van der Waals surface area (Å²) in [7, 11) is 4.68. The minimum Gasteiger partial charge on any atom is -0.493 e. The lowest BCUT2D eigenvalue weighted by molar-refractivity contribution is 0.0991. The number of amides is 1. The molecule has 0 saturated heterocycles. The highest BCUT2D eigenvalue weighted by Crippen LogP contribution is 2.45. The average Bonchev–Trinajstić information content (AvgIpc) is 3.29. The van der Waals surface area contributed by atoms with Crippen LogP contribution in [0.3, 0.4) is 0 Å². The zero-order valence-electron chi connectivity index (χ0n) is 15.0. The van der Waals surface area contributed by atoms with Gasteiger partial charge in [-0.25, -0.2) is 0 Å². The second kappa shape index (κ2) is 6.29. The number of H-pyrrole nitrogens is 1. The zero-order chi connectivity index (χ0) is 18.3. The zero-order valence-corrected chi connectivity index (χ0v) is 15.0. The Morgan fingerprint density at radius 1 is 1.08 bits per heavy atom. The SMILES string of the molecule is COc1cc2[nH]cc(C(=O)N3CCc4ccccc43)c2c(OC)c1OC. The summed E-state index contributed by atoms with van der Waals surface area (Å²) in [4.78, 5) is 18.3. The predicted octanol–water partition coefficient (Wildman–Crippen LogP) is 3.40. The third-order valence-corrected chi connectivity index (χ3v) is 4.83. The molecule has 0 spiro atoms. The van der Waals surface area contributed by atoms with Crippen LogP contribution in [0.1, 0.15) is 15.9 Å². The Hall–Kier alpha value is -3.15. The molecule has 1 amide bonds. The van der Waals surface area contributed by atoms with Gasteiger partial charge in [0.2, 0.25) is 5.75 Å². The number of benzene rings is 2. The molecule has 2 heterocycles. The minimum absolute atomic E-state index is 0.0632. The summed E-state index contributed by atoms with van der Waals surface area (Å²) < 4.78 is 16.4. The molecule has 0 aliphatic carbocycles. The minimum atomic E-state index is -0.0632. The first-order chi connectivity index (χ1) is 12.7. The third kappa shape index (κ3) is 2.29. The molecule has 0 unspecified atom stereocenters. The van der Waals surface area contributed by atoms with Crippen molar-refractivity contribution in [1.82, 2.24) is 4.98 Å². The van der Waals surface area contributed by atoms with Crippen molar-refractivity contribution in [2.45, 2.75) is 6.42 Å². The Morgan fingerprint density at radius 2 is 1.85 bits per heavy atom. The lowest BCUT2D eigenvalue weighted by Gasteiger charge is -2.18. The van der Waals surface area contributed by atoms with Crippen LogP contribution in [-0.2, 0) is 6.42 Å². The molecule has 0 radical (unpaired) electrons. The van der Waals surface area contributed by atoms with Crippen LogP contribution in [0.2, 0.25) is 0 Å². The van der Waals surface area contributed by atoms with Crippen molar-refractivity contribution >= 4 is 22.5 Å². The molecule has 1 aliphatic rings. The van der Waals surface area contributed by atoms with Crippen molar-refractivity contribution < 1.29 is 19.0 Å². The van der Waals surface area contributed by atoms with Crippen molar-refractivity contribution in [3.8, 4) is 17.2 Å². The summed E-state index contributed by atoms with van der Waals surface area (Å²) in [5.41, 5.74) is 3.46. The summed E-state index contributed by atoms with van der Waals surface area (Å²) in [6, 6.07) is 9.81. The molecule has 0 fully saturated rings. The number of carbonyl (C=O) groups excluding carboxylic acids is 1. The fourth-order valence-corrected chi connectivity index (χ4v) is 3.62. The Bertz CT molecular complexity index is 993. The van der Waals surface area contributed by atoms with Gasteiger partial charge in [-0.15, -0.1) is 0 Å². The monoisotopic (exact) mass is 352 g/mol. The Labute approximate surface area is 151 Å². The van der Waals surface area contributed by atoms with Gasteiger partial charge in [-0.3, -0.25) is 4.79 Å². The van der Waals surface area contributed by atoms with E-state index >= 15 is 0 Å². The molecule has 1 N–H and O–H groups in total. The van der Waals surface area contributed by atoms with E-state index in [1.807, 2.05) is 29.2 Å². The molecule has 2 aromatic carbocycles.